The minimum absolute atomic E-state index is 0.0271. The summed E-state index contributed by atoms with van der Waals surface area (Å²) in [6, 6.07) is 7.60. The zero-order chi connectivity index (χ0) is 24.6. The molecule has 7 nitrogen and oxygen atoms in total. The molecule has 1 aromatic carbocycles. The lowest BCUT2D eigenvalue weighted by Gasteiger charge is -2.27. The third-order valence-electron chi connectivity index (χ3n) is 7.89. The second kappa shape index (κ2) is 12.3. The highest BCUT2D eigenvalue weighted by molar-refractivity contribution is 5.90. The van der Waals surface area contributed by atoms with Crippen molar-refractivity contribution >= 4 is 29.7 Å². The fraction of sp³-hybridized carbons (Fsp3) is 0.643. The molecule has 4 rings (SSSR count). The number of fused-ring (bicyclic) bond motifs is 4. The molecule has 0 radical (unpaired) electrons. The Hall–Kier alpha value is -2.70. The van der Waals surface area contributed by atoms with Crippen molar-refractivity contribution < 1.29 is 24.1 Å². The average molecular weight is 483 g/mol. The van der Waals surface area contributed by atoms with E-state index in [4.69, 9.17) is 0 Å². The van der Waals surface area contributed by atoms with Crippen LogP contribution in [-0.4, -0.2) is 52.8 Å². The van der Waals surface area contributed by atoms with Crippen molar-refractivity contribution in [2.24, 2.45) is 11.8 Å². The summed E-state index contributed by atoms with van der Waals surface area (Å²) in [5.41, 5.74) is 2.36. The summed E-state index contributed by atoms with van der Waals surface area (Å²) in [6.07, 6.45) is 12.8. The fourth-order valence-electron chi connectivity index (χ4n) is 6.01. The normalized spacial score (nSPS) is 24.6. The van der Waals surface area contributed by atoms with Crippen LogP contribution in [0.4, 0.5) is 5.69 Å². The Kier molecular flexibility index (Phi) is 8.94. The molecule has 7 heteroatoms. The number of nitrogens with one attached hydrogen (secondary N) is 2. The number of carboxylic acids is 1. The third kappa shape index (κ3) is 6.92. The molecule has 1 unspecified atom stereocenters. The van der Waals surface area contributed by atoms with E-state index in [2.05, 4.69) is 33.6 Å². The van der Waals surface area contributed by atoms with E-state index in [0.717, 1.165) is 57.9 Å². The van der Waals surface area contributed by atoms with E-state index in [9.17, 15) is 19.5 Å². The molecule has 0 saturated heterocycles. The first kappa shape index (κ1) is 25.4. The number of carboxylic acid groups (broad SMARTS) is 1. The molecular formula is C28H40N3O4+. The van der Waals surface area contributed by atoms with Gasteiger partial charge >= 0.3 is 5.97 Å². The monoisotopic (exact) mass is 482 g/mol. The number of carbonyl (C=O) groups excluding carboxylic acids is 2. The van der Waals surface area contributed by atoms with E-state index in [1.807, 2.05) is 12.1 Å². The molecule has 2 heterocycles. The van der Waals surface area contributed by atoms with Crippen molar-refractivity contribution in [3.63, 3.8) is 0 Å². The number of carbonyl (C=O) groups is 3. The van der Waals surface area contributed by atoms with E-state index in [0.29, 0.717) is 25.3 Å². The highest BCUT2D eigenvalue weighted by Gasteiger charge is 2.36. The highest BCUT2D eigenvalue weighted by Crippen LogP contribution is 2.35. The number of nitrogens with zero attached hydrogens (tertiary/aromatic N) is 1. The van der Waals surface area contributed by atoms with Crippen LogP contribution in [0.15, 0.2) is 24.3 Å². The van der Waals surface area contributed by atoms with E-state index >= 15 is 0 Å². The summed E-state index contributed by atoms with van der Waals surface area (Å²) >= 11 is 0. The number of amides is 2. The van der Waals surface area contributed by atoms with Gasteiger partial charge in [-0.15, -0.1) is 0 Å². The second-order valence-corrected chi connectivity index (χ2v) is 10.5. The zero-order valence-electron chi connectivity index (χ0n) is 20.7. The number of rotatable bonds is 6. The number of hydrogen-bond acceptors (Lipinski definition) is 3. The van der Waals surface area contributed by atoms with Crippen LogP contribution in [0.3, 0.4) is 0 Å². The summed E-state index contributed by atoms with van der Waals surface area (Å²) in [5, 5.41) is 15.5. The lowest BCUT2D eigenvalue weighted by Crippen LogP contribution is -2.49. The first-order chi connectivity index (χ1) is 17.0. The maximum atomic E-state index is 13.4. The minimum Gasteiger partial charge on any atom is -0.481 e. The van der Waals surface area contributed by atoms with Crippen molar-refractivity contribution in [3.05, 3.63) is 29.8 Å². The Morgan fingerprint density at radius 1 is 1.06 bits per heavy atom. The van der Waals surface area contributed by atoms with Gasteiger partial charge in [0.05, 0.1) is 12.3 Å². The zero-order valence-corrected chi connectivity index (χ0v) is 20.7. The lowest BCUT2D eigenvalue weighted by molar-refractivity contribution is -0.433. The van der Waals surface area contributed by atoms with Gasteiger partial charge in [0.2, 0.25) is 17.5 Å². The van der Waals surface area contributed by atoms with E-state index in [1.54, 1.807) is 0 Å². The van der Waals surface area contributed by atoms with Crippen molar-refractivity contribution in [2.75, 3.05) is 13.1 Å². The number of benzene rings is 1. The largest absolute Gasteiger partial charge is 0.481 e. The summed E-state index contributed by atoms with van der Waals surface area (Å²) in [4.78, 5) is 38.1. The molecule has 1 aliphatic carbocycles. The smallest absolute Gasteiger partial charge is 0.304 e. The van der Waals surface area contributed by atoms with Crippen molar-refractivity contribution in [3.8, 4) is 0 Å². The number of aliphatic carboxylic acids is 1. The van der Waals surface area contributed by atoms with Crippen molar-refractivity contribution in [2.45, 2.75) is 89.0 Å². The fourth-order valence-corrected chi connectivity index (χ4v) is 6.01. The van der Waals surface area contributed by atoms with Crippen LogP contribution in [0, 0.1) is 11.8 Å². The van der Waals surface area contributed by atoms with Gasteiger partial charge in [-0.2, -0.15) is 0 Å². The van der Waals surface area contributed by atoms with Crippen LogP contribution in [0.2, 0.25) is 0 Å². The van der Waals surface area contributed by atoms with Crippen LogP contribution in [0.25, 0.3) is 0 Å². The summed E-state index contributed by atoms with van der Waals surface area (Å²) in [6.45, 7) is 1.55. The van der Waals surface area contributed by atoms with Gasteiger partial charge in [-0.1, -0.05) is 56.7 Å². The van der Waals surface area contributed by atoms with Gasteiger partial charge in [-0.3, -0.25) is 14.4 Å². The molecule has 1 aromatic rings. The third-order valence-corrected chi connectivity index (χ3v) is 7.89. The molecule has 3 N–H and O–H groups in total. The van der Waals surface area contributed by atoms with Crippen LogP contribution in [0.1, 0.15) is 88.5 Å². The Morgan fingerprint density at radius 3 is 2.60 bits per heavy atom. The SMILES string of the molecule is O=C(O)C[C@@H](CC1CCCCC1)C(=O)N[C@H]1CC2C=[N+](CCCCCCNC1=O)c1ccccc12. The molecule has 3 atom stereocenters. The van der Waals surface area contributed by atoms with Crippen molar-refractivity contribution in [1.82, 2.24) is 10.6 Å². The quantitative estimate of drug-likeness (QED) is 0.531. The Labute approximate surface area is 208 Å². The summed E-state index contributed by atoms with van der Waals surface area (Å²) < 4.78 is 2.30. The standard InChI is InChI=1S/C28H39N3O4/c32-26(33)18-21(16-20-10-4-3-5-11-20)27(34)30-24-17-22-19-31(25-13-7-6-12-23(22)25)15-9-2-1-8-14-29-28(24)35/h6-7,12-13,19-22,24H,1-5,8-11,14-18H2,(H2-,29,30,32,33,34,35)/p+1/t21-,22?,24+/m1/s1. The van der Waals surface area contributed by atoms with E-state index in [1.165, 1.54) is 17.7 Å². The predicted molar refractivity (Wildman–Crippen MR) is 135 cm³/mol. The Bertz CT molecular complexity index is 938. The summed E-state index contributed by atoms with van der Waals surface area (Å²) in [7, 11) is 0. The molecule has 2 amide bonds. The topological polar surface area (TPSA) is 98.5 Å². The molecule has 3 aliphatic rings. The minimum atomic E-state index is -0.964. The molecule has 0 spiro atoms. The van der Waals surface area contributed by atoms with E-state index < -0.39 is 17.9 Å². The molecule has 190 valence electrons. The summed E-state index contributed by atoms with van der Waals surface area (Å²) in [5.74, 6) is -1.63. The van der Waals surface area contributed by atoms with Gasteiger partial charge in [-0.25, -0.2) is 4.58 Å². The number of hydrogen-bond donors (Lipinski definition) is 3. The van der Waals surface area contributed by atoms with Gasteiger partial charge in [0.15, 0.2) is 6.21 Å². The number of para-hydroxylation sites is 1. The van der Waals surface area contributed by atoms with Crippen molar-refractivity contribution in [1.29, 1.82) is 0 Å². The van der Waals surface area contributed by atoms with Gasteiger partial charge in [0.1, 0.15) is 12.6 Å². The molecule has 2 bridgehead atoms. The lowest BCUT2D eigenvalue weighted by atomic mass is 9.81. The molecule has 35 heavy (non-hydrogen) atoms. The maximum absolute atomic E-state index is 13.4. The highest BCUT2D eigenvalue weighted by atomic mass is 16.4. The van der Waals surface area contributed by atoms with Crippen LogP contribution < -0.4 is 10.6 Å². The molecular weight excluding hydrogens is 442 g/mol. The molecule has 1 fully saturated rings. The average Bonchev–Trinajstić information content (AvgIpc) is 3.20. The van der Waals surface area contributed by atoms with Crippen LogP contribution in [0.5, 0.6) is 0 Å². The molecule has 0 aromatic heterocycles. The molecule has 2 aliphatic heterocycles. The van der Waals surface area contributed by atoms with Crippen LogP contribution >= 0.6 is 0 Å². The predicted octanol–water partition coefficient (Wildman–Crippen LogP) is 4.13. The Morgan fingerprint density at radius 2 is 1.80 bits per heavy atom. The van der Waals surface area contributed by atoms with Gasteiger partial charge < -0.3 is 15.7 Å². The van der Waals surface area contributed by atoms with Gasteiger partial charge in [0, 0.05) is 30.5 Å². The van der Waals surface area contributed by atoms with Crippen LogP contribution in [-0.2, 0) is 14.4 Å². The first-order valence-electron chi connectivity index (χ1n) is 13.5. The van der Waals surface area contributed by atoms with E-state index in [-0.39, 0.29) is 24.2 Å². The first-order valence-corrected chi connectivity index (χ1v) is 13.5. The Balaban J connectivity index is 1.52. The maximum Gasteiger partial charge on any atom is 0.304 e. The molecule has 1 saturated carbocycles. The van der Waals surface area contributed by atoms with Gasteiger partial charge in [0.25, 0.3) is 0 Å². The second-order valence-electron chi connectivity index (χ2n) is 10.5. The van der Waals surface area contributed by atoms with Gasteiger partial charge in [-0.05, 0) is 31.6 Å².